The van der Waals surface area contributed by atoms with Crippen molar-refractivity contribution in [2.45, 2.75) is 77.4 Å². The second-order valence-corrected chi connectivity index (χ2v) is 11.8. The number of nitriles is 1. The van der Waals surface area contributed by atoms with Crippen LogP contribution in [0.4, 0.5) is 0 Å². The molecule has 178 valence electrons. The first-order valence-electron chi connectivity index (χ1n) is 12.6. The molecule has 6 nitrogen and oxygen atoms in total. The molecule has 3 saturated carbocycles. The molecular formula is C27H37N3O3. The number of carbonyl (C=O) groups excluding carboxylic acids is 1. The van der Waals surface area contributed by atoms with Crippen LogP contribution in [0.1, 0.15) is 70.8 Å². The molecule has 0 aliphatic heterocycles. The number of hydrogen-bond donors (Lipinski definition) is 1. The Hall–Kier alpha value is -1.97. The van der Waals surface area contributed by atoms with Gasteiger partial charge < -0.3 is 9.84 Å². The molecule has 5 rings (SSSR count). The van der Waals surface area contributed by atoms with Crippen LogP contribution in [0.15, 0.2) is 24.0 Å². The van der Waals surface area contributed by atoms with E-state index in [2.05, 4.69) is 31.1 Å². The van der Waals surface area contributed by atoms with Gasteiger partial charge in [-0.05, 0) is 80.0 Å². The molecule has 0 radical (unpaired) electrons. The number of fused-ring (bicyclic) bond motifs is 5. The Kier molecular flexibility index (Phi) is 5.57. The summed E-state index contributed by atoms with van der Waals surface area (Å²) in [6, 6.07) is 2.09. The number of aliphatic hydroxyl groups is 1. The number of Topliss-reactive ketones (excluding diaryl/α,β-unsaturated/α-hetero) is 1. The number of ether oxygens (including phenoxy) is 1. The third kappa shape index (κ3) is 3.59. The zero-order chi connectivity index (χ0) is 23.4. The van der Waals surface area contributed by atoms with Gasteiger partial charge in [0, 0.05) is 19.2 Å². The number of aromatic nitrogens is 2. The molecule has 7 atom stereocenters. The van der Waals surface area contributed by atoms with E-state index in [1.807, 2.05) is 0 Å². The van der Waals surface area contributed by atoms with Gasteiger partial charge in [0.25, 0.3) is 0 Å². The Morgan fingerprint density at radius 2 is 2.12 bits per heavy atom. The van der Waals surface area contributed by atoms with Crippen molar-refractivity contribution in [2.24, 2.45) is 34.5 Å². The fraction of sp³-hybridized carbons (Fsp3) is 0.741. The van der Waals surface area contributed by atoms with E-state index < -0.39 is 5.60 Å². The van der Waals surface area contributed by atoms with E-state index in [-0.39, 0.29) is 29.1 Å². The topological polar surface area (TPSA) is 88.1 Å². The van der Waals surface area contributed by atoms with Crippen molar-refractivity contribution >= 4 is 5.78 Å². The van der Waals surface area contributed by atoms with Gasteiger partial charge in [0.2, 0.25) is 0 Å². The van der Waals surface area contributed by atoms with Crippen molar-refractivity contribution in [3.63, 3.8) is 0 Å². The lowest BCUT2D eigenvalue weighted by molar-refractivity contribution is -0.128. The minimum Gasteiger partial charge on any atom is -0.387 e. The minimum absolute atomic E-state index is 0.00507. The first-order valence-corrected chi connectivity index (χ1v) is 12.6. The third-order valence-corrected chi connectivity index (χ3v) is 10.1. The lowest BCUT2D eigenvalue weighted by Crippen LogP contribution is -2.52. The summed E-state index contributed by atoms with van der Waals surface area (Å²) >= 11 is 0. The van der Waals surface area contributed by atoms with Crippen molar-refractivity contribution in [2.75, 3.05) is 13.7 Å². The van der Waals surface area contributed by atoms with Gasteiger partial charge in [-0.3, -0.25) is 9.48 Å². The van der Waals surface area contributed by atoms with Crippen LogP contribution in [0.5, 0.6) is 0 Å². The van der Waals surface area contributed by atoms with E-state index in [0.717, 1.165) is 44.9 Å². The summed E-state index contributed by atoms with van der Waals surface area (Å²) in [6.07, 6.45) is 13.7. The molecule has 1 heterocycles. The SMILES string of the molecule is COC[C@@]1(O)CCC2(C)C3=CC[C@]4(C)[C@@H](C(=O)Cn5cc(C#N)cn5)CC[C@H]4C3CCC2C1. The second kappa shape index (κ2) is 8.06. The highest BCUT2D eigenvalue weighted by Crippen LogP contribution is 2.66. The highest BCUT2D eigenvalue weighted by atomic mass is 16.5. The van der Waals surface area contributed by atoms with Crippen molar-refractivity contribution in [3.8, 4) is 6.07 Å². The highest BCUT2D eigenvalue weighted by Gasteiger charge is 2.59. The van der Waals surface area contributed by atoms with Crippen molar-refractivity contribution in [1.29, 1.82) is 5.26 Å². The first kappa shape index (κ1) is 22.8. The molecule has 1 aromatic rings. The summed E-state index contributed by atoms with van der Waals surface area (Å²) in [6.45, 7) is 5.47. The van der Waals surface area contributed by atoms with Gasteiger partial charge in [0.1, 0.15) is 6.07 Å². The van der Waals surface area contributed by atoms with Crippen molar-refractivity contribution in [1.82, 2.24) is 9.78 Å². The van der Waals surface area contributed by atoms with Crippen LogP contribution >= 0.6 is 0 Å². The molecule has 4 aliphatic rings. The van der Waals surface area contributed by atoms with Gasteiger partial charge in [-0.15, -0.1) is 0 Å². The number of rotatable bonds is 5. The molecule has 3 unspecified atom stereocenters. The normalized spacial score (nSPS) is 42.0. The third-order valence-electron chi connectivity index (χ3n) is 10.1. The molecule has 6 heteroatoms. The van der Waals surface area contributed by atoms with Gasteiger partial charge in [-0.2, -0.15) is 10.4 Å². The van der Waals surface area contributed by atoms with Gasteiger partial charge in [0.15, 0.2) is 5.78 Å². The number of nitrogens with zero attached hydrogens (tertiary/aromatic N) is 3. The van der Waals surface area contributed by atoms with Crippen molar-refractivity contribution in [3.05, 3.63) is 29.6 Å². The second-order valence-electron chi connectivity index (χ2n) is 11.8. The Morgan fingerprint density at radius 1 is 1.30 bits per heavy atom. The number of methoxy groups -OCH3 is 1. The largest absolute Gasteiger partial charge is 0.387 e. The fourth-order valence-electron chi connectivity index (χ4n) is 8.30. The predicted molar refractivity (Wildman–Crippen MR) is 124 cm³/mol. The van der Waals surface area contributed by atoms with E-state index in [1.165, 1.54) is 12.6 Å². The van der Waals surface area contributed by atoms with E-state index in [0.29, 0.717) is 29.9 Å². The zero-order valence-corrected chi connectivity index (χ0v) is 20.2. The fourth-order valence-corrected chi connectivity index (χ4v) is 8.30. The Labute approximate surface area is 197 Å². The quantitative estimate of drug-likeness (QED) is 0.675. The molecule has 0 aromatic carbocycles. The summed E-state index contributed by atoms with van der Waals surface area (Å²) in [4.78, 5) is 13.4. The highest BCUT2D eigenvalue weighted by molar-refractivity contribution is 5.82. The molecule has 33 heavy (non-hydrogen) atoms. The average Bonchev–Trinajstić information content (AvgIpc) is 3.38. The molecule has 1 N–H and O–H groups in total. The lowest BCUT2D eigenvalue weighted by atomic mass is 9.47. The van der Waals surface area contributed by atoms with Crippen LogP contribution in [-0.4, -0.2) is 40.0 Å². The number of carbonyl (C=O) groups is 1. The molecule has 3 fully saturated rings. The van der Waals surface area contributed by atoms with E-state index in [1.54, 1.807) is 23.6 Å². The molecule has 1 aromatic heterocycles. The summed E-state index contributed by atoms with van der Waals surface area (Å²) in [5, 5.41) is 24.3. The zero-order valence-electron chi connectivity index (χ0n) is 20.2. The average molecular weight is 452 g/mol. The Morgan fingerprint density at radius 3 is 2.85 bits per heavy atom. The monoisotopic (exact) mass is 451 g/mol. The van der Waals surface area contributed by atoms with Crippen LogP contribution in [0.3, 0.4) is 0 Å². The maximum absolute atomic E-state index is 13.4. The summed E-state index contributed by atoms with van der Waals surface area (Å²) in [7, 11) is 1.68. The van der Waals surface area contributed by atoms with Crippen LogP contribution in [-0.2, 0) is 16.1 Å². The van der Waals surface area contributed by atoms with Crippen LogP contribution in [0, 0.1) is 45.8 Å². The van der Waals surface area contributed by atoms with Gasteiger partial charge in [-0.1, -0.05) is 25.5 Å². The maximum Gasteiger partial charge on any atom is 0.157 e. The van der Waals surface area contributed by atoms with Gasteiger partial charge in [-0.25, -0.2) is 0 Å². The van der Waals surface area contributed by atoms with E-state index in [9.17, 15) is 9.90 Å². The van der Waals surface area contributed by atoms with Crippen LogP contribution < -0.4 is 0 Å². The molecule has 0 saturated heterocycles. The summed E-state index contributed by atoms with van der Waals surface area (Å²) in [5.41, 5.74) is 1.61. The lowest BCUT2D eigenvalue weighted by Gasteiger charge is -2.58. The van der Waals surface area contributed by atoms with Gasteiger partial charge in [0.05, 0.1) is 30.5 Å². The van der Waals surface area contributed by atoms with E-state index >= 15 is 0 Å². The standard InChI is InChI=1S/C27H37N3O3/c1-25-10-11-27(32,17-33-3)12-19(25)4-5-20-21-6-7-23(26(21,2)9-8-22(20)25)24(31)16-30-15-18(13-28)14-29-30/h8,14-15,19-21,23,32H,4-7,9-12,16-17H2,1-3H3/t19?,20?,21-,23+,25?,26-,27+/m0/s1. The molecule has 0 amide bonds. The number of hydrogen-bond acceptors (Lipinski definition) is 5. The Balaban J connectivity index is 1.36. The summed E-state index contributed by atoms with van der Waals surface area (Å²) < 4.78 is 6.96. The summed E-state index contributed by atoms with van der Waals surface area (Å²) in [5.74, 6) is 1.93. The first-order chi connectivity index (χ1) is 15.7. The molecule has 0 spiro atoms. The Bertz CT molecular complexity index is 1010. The van der Waals surface area contributed by atoms with E-state index in [4.69, 9.17) is 10.00 Å². The number of ketones is 1. The molecule has 4 aliphatic carbocycles. The van der Waals surface area contributed by atoms with Gasteiger partial charge >= 0.3 is 0 Å². The molecule has 0 bridgehead atoms. The predicted octanol–water partition coefficient (Wildman–Crippen LogP) is 4.28. The van der Waals surface area contributed by atoms with Crippen LogP contribution in [0.2, 0.25) is 0 Å². The van der Waals surface area contributed by atoms with Crippen molar-refractivity contribution < 1.29 is 14.6 Å². The maximum atomic E-state index is 13.4. The molecular weight excluding hydrogens is 414 g/mol. The number of allylic oxidation sites excluding steroid dienone is 2. The smallest absolute Gasteiger partial charge is 0.157 e. The van der Waals surface area contributed by atoms with Crippen LogP contribution in [0.25, 0.3) is 0 Å². The minimum atomic E-state index is -0.682.